The summed E-state index contributed by atoms with van der Waals surface area (Å²) in [4.78, 5) is 2.39. The summed E-state index contributed by atoms with van der Waals surface area (Å²) >= 11 is 0. The molecule has 3 aromatic carbocycles. The van der Waals surface area contributed by atoms with E-state index in [0.29, 0.717) is 5.75 Å². The Morgan fingerprint density at radius 2 is 1.56 bits per heavy atom. The molecule has 126 valence electrons. The molecular formula is C22H21NO2. The molecule has 1 aliphatic heterocycles. The summed E-state index contributed by atoms with van der Waals surface area (Å²) in [6.07, 6.45) is 1.80. The zero-order valence-corrected chi connectivity index (χ0v) is 14.0. The molecule has 4 rings (SSSR count). The van der Waals surface area contributed by atoms with Crippen molar-refractivity contribution in [2.45, 2.75) is 18.9 Å². The van der Waals surface area contributed by atoms with E-state index in [1.807, 2.05) is 30.3 Å². The molecule has 0 saturated heterocycles. The molecule has 0 aliphatic carbocycles. The molecule has 1 unspecified atom stereocenters. The second-order valence-electron chi connectivity index (χ2n) is 6.55. The van der Waals surface area contributed by atoms with Crippen molar-refractivity contribution in [3.8, 4) is 11.5 Å². The summed E-state index contributed by atoms with van der Waals surface area (Å²) in [7, 11) is 0. The second-order valence-corrected chi connectivity index (χ2v) is 6.55. The lowest BCUT2D eigenvalue weighted by Gasteiger charge is -2.39. The van der Waals surface area contributed by atoms with Gasteiger partial charge in [0.2, 0.25) is 0 Å². The van der Waals surface area contributed by atoms with Gasteiger partial charge in [-0.05, 0) is 65.9 Å². The van der Waals surface area contributed by atoms with Gasteiger partial charge in [0.1, 0.15) is 11.5 Å². The van der Waals surface area contributed by atoms with Crippen molar-refractivity contribution in [1.82, 2.24) is 0 Å². The fourth-order valence-electron chi connectivity index (χ4n) is 3.71. The van der Waals surface area contributed by atoms with Crippen LogP contribution in [0.1, 0.15) is 22.7 Å². The minimum atomic E-state index is 0.205. The minimum Gasteiger partial charge on any atom is -0.508 e. The molecular weight excluding hydrogens is 310 g/mol. The second kappa shape index (κ2) is 6.52. The van der Waals surface area contributed by atoms with Gasteiger partial charge in [-0.2, -0.15) is 0 Å². The lowest BCUT2D eigenvalue weighted by Crippen LogP contribution is -2.36. The van der Waals surface area contributed by atoms with Crippen LogP contribution in [0.3, 0.4) is 0 Å². The molecule has 0 radical (unpaired) electrons. The van der Waals surface area contributed by atoms with Crippen LogP contribution in [0, 0.1) is 0 Å². The Kier molecular flexibility index (Phi) is 4.06. The van der Waals surface area contributed by atoms with E-state index in [9.17, 15) is 10.2 Å². The molecule has 0 saturated carbocycles. The van der Waals surface area contributed by atoms with E-state index in [1.165, 1.54) is 16.7 Å². The van der Waals surface area contributed by atoms with Gasteiger partial charge in [0.05, 0.1) is 6.04 Å². The Bertz CT molecular complexity index is 859. The van der Waals surface area contributed by atoms with Gasteiger partial charge in [-0.1, -0.05) is 36.4 Å². The zero-order valence-electron chi connectivity index (χ0n) is 14.0. The molecule has 1 heterocycles. The number of anilines is 1. The van der Waals surface area contributed by atoms with Gasteiger partial charge < -0.3 is 15.1 Å². The van der Waals surface area contributed by atoms with Crippen molar-refractivity contribution >= 4 is 5.69 Å². The highest BCUT2D eigenvalue weighted by atomic mass is 16.3. The van der Waals surface area contributed by atoms with Gasteiger partial charge in [0.25, 0.3) is 0 Å². The molecule has 0 amide bonds. The summed E-state index contributed by atoms with van der Waals surface area (Å²) in [6.45, 7) is 0.888. The number of rotatable bonds is 3. The van der Waals surface area contributed by atoms with E-state index in [1.54, 1.807) is 18.2 Å². The zero-order chi connectivity index (χ0) is 17.2. The third-order valence-corrected chi connectivity index (χ3v) is 4.94. The van der Waals surface area contributed by atoms with Crippen LogP contribution in [0.15, 0.2) is 72.8 Å². The molecule has 1 aliphatic rings. The number of hydrogen-bond acceptors (Lipinski definition) is 3. The first-order valence-corrected chi connectivity index (χ1v) is 8.62. The normalized spacial score (nSPS) is 16.5. The monoisotopic (exact) mass is 331 g/mol. The Morgan fingerprint density at radius 3 is 2.32 bits per heavy atom. The number of phenolic OH excluding ortho intramolecular Hbond substituents is 2. The lowest BCUT2D eigenvalue weighted by atomic mass is 9.88. The maximum absolute atomic E-state index is 9.84. The van der Waals surface area contributed by atoms with Crippen molar-refractivity contribution in [3.63, 3.8) is 0 Å². The molecule has 0 bridgehead atoms. The van der Waals surface area contributed by atoms with Gasteiger partial charge in [-0.15, -0.1) is 0 Å². The molecule has 0 spiro atoms. The fraction of sp³-hybridized carbons (Fsp3) is 0.182. The van der Waals surface area contributed by atoms with Gasteiger partial charge >= 0.3 is 0 Å². The van der Waals surface area contributed by atoms with Crippen LogP contribution in [0.25, 0.3) is 0 Å². The highest BCUT2D eigenvalue weighted by molar-refractivity contribution is 5.55. The van der Waals surface area contributed by atoms with Crippen molar-refractivity contribution in [1.29, 1.82) is 0 Å². The number of aromatic hydroxyl groups is 2. The maximum Gasteiger partial charge on any atom is 0.115 e. The summed E-state index contributed by atoms with van der Waals surface area (Å²) in [6, 6.07) is 23.8. The van der Waals surface area contributed by atoms with Crippen LogP contribution in [-0.2, 0) is 12.8 Å². The van der Waals surface area contributed by atoms with E-state index < -0.39 is 0 Å². The summed E-state index contributed by atoms with van der Waals surface area (Å²) in [5, 5.41) is 19.4. The van der Waals surface area contributed by atoms with E-state index in [4.69, 9.17) is 0 Å². The molecule has 0 aromatic heterocycles. The predicted octanol–water partition coefficient (Wildman–Crippen LogP) is 4.44. The Hall–Kier alpha value is -2.94. The summed E-state index contributed by atoms with van der Waals surface area (Å²) < 4.78 is 0. The third-order valence-electron chi connectivity index (χ3n) is 4.94. The Morgan fingerprint density at radius 1 is 0.840 bits per heavy atom. The Labute approximate surface area is 147 Å². The predicted molar refractivity (Wildman–Crippen MR) is 100 cm³/mol. The average molecular weight is 331 g/mol. The summed E-state index contributed by atoms with van der Waals surface area (Å²) in [5.74, 6) is 0.612. The molecule has 25 heavy (non-hydrogen) atoms. The molecule has 1 atom stereocenters. The van der Waals surface area contributed by atoms with E-state index in [-0.39, 0.29) is 11.8 Å². The molecule has 0 fully saturated rings. The maximum atomic E-state index is 9.84. The van der Waals surface area contributed by atoms with Crippen molar-refractivity contribution in [3.05, 3.63) is 89.5 Å². The molecule has 3 nitrogen and oxygen atoms in total. The largest absolute Gasteiger partial charge is 0.508 e. The third kappa shape index (κ3) is 3.18. The average Bonchev–Trinajstić information content (AvgIpc) is 2.63. The number of benzene rings is 3. The fourth-order valence-corrected chi connectivity index (χ4v) is 3.71. The van der Waals surface area contributed by atoms with E-state index in [0.717, 1.165) is 25.1 Å². The van der Waals surface area contributed by atoms with Crippen LogP contribution in [0.5, 0.6) is 11.5 Å². The van der Waals surface area contributed by atoms with Crippen LogP contribution in [-0.4, -0.2) is 16.8 Å². The van der Waals surface area contributed by atoms with E-state index in [2.05, 4.69) is 29.2 Å². The van der Waals surface area contributed by atoms with Crippen LogP contribution >= 0.6 is 0 Å². The highest BCUT2D eigenvalue weighted by Gasteiger charge is 2.28. The lowest BCUT2D eigenvalue weighted by molar-refractivity contribution is 0.471. The standard InChI is InChI=1S/C22H21NO2/c24-19-8-6-18(7-9-19)23-13-12-17-15-20(25)10-11-21(17)22(23)14-16-4-2-1-3-5-16/h1-11,15,22,24-25H,12-14H2. The van der Waals surface area contributed by atoms with Crippen LogP contribution in [0.4, 0.5) is 5.69 Å². The van der Waals surface area contributed by atoms with Gasteiger partial charge in [-0.25, -0.2) is 0 Å². The van der Waals surface area contributed by atoms with Crippen molar-refractivity contribution in [2.24, 2.45) is 0 Å². The minimum absolute atomic E-state index is 0.205. The highest BCUT2D eigenvalue weighted by Crippen LogP contribution is 2.37. The topological polar surface area (TPSA) is 43.7 Å². The van der Waals surface area contributed by atoms with Crippen molar-refractivity contribution < 1.29 is 10.2 Å². The SMILES string of the molecule is Oc1ccc(N2CCc3cc(O)ccc3C2Cc2ccccc2)cc1. The molecule has 3 aromatic rings. The first-order chi connectivity index (χ1) is 12.2. The molecule has 3 heteroatoms. The Balaban J connectivity index is 1.75. The summed E-state index contributed by atoms with van der Waals surface area (Å²) in [5.41, 5.74) is 4.88. The first-order valence-electron chi connectivity index (χ1n) is 8.62. The number of fused-ring (bicyclic) bond motifs is 1. The number of nitrogens with zero attached hydrogens (tertiary/aromatic N) is 1. The number of hydrogen-bond donors (Lipinski definition) is 2. The first kappa shape index (κ1) is 15.6. The van der Waals surface area contributed by atoms with Gasteiger partial charge in [0, 0.05) is 12.2 Å². The van der Waals surface area contributed by atoms with Crippen LogP contribution < -0.4 is 4.90 Å². The smallest absolute Gasteiger partial charge is 0.115 e. The van der Waals surface area contributed by atoms with Gasteiger partial charge in [-0.3, -0.25) is 0 Å². The van der Waals surface area contributed by atoms with Crippen LogP contribution in [0.2, 0.25) is 0 Å². The quantitative estimate of drug-likeness (QED) is 0.745. The van der Waals surface area contributed by atoms with Crippen molar-refractivity contribution in [2.75, 3.05) is 11.4 Å². The van der Waals surface area contributed by atoms with E-state index >= 15 is 0 Å². The number of phenols is 2. The van der Waals surface area contributed by atoms with Gasteiger partial charge in [0.15, 0.2) is 0 Å². The molecule has 2 N–H and O–H groups in total.